The standard InChI is InChI=1S/C16H31NO/c1-16(2,3)13-8-9-15(18)14(12-13)17-10-6-4-5-7-11-17/h13-15,18H,4-12H2,1-3H3. The highest BCUT2D eigenvalue weighted by Crippen LogP contribution is 2.39. The summed E-state index contributed by atoms with van der Waals surface area (Å²) in [7, 11) is 0. The van der Waals surface area contributed by atoms with Crippen molar-refractivity contribution in [2.24, 2.45) is 11.3 Å². The summed E-state index contributed by atoms with van der Waals surface area (Å²) >= 11 is 0. The van der Waals surface area contributed by atoms with E-state index < -0.39 is 0 Å². The average molecular weight is 253 g/mol. The summed E-state index contributed by atoms with van der Waals surface area (Å²) in [6.07, 6.45) is 8.72. The monoisotopic (exact) mass is 253 g/mol. The Hall–Kier alpha value is -0.0800. The zero-order valence-corrected chi connectivity index (χ0v) is 12.5. The molecule has 3 unspecified atom stereocenters. The van der Waals surface area contributed by atoms with E-state index in [0.29, 0.717) is 11.5 Å². The van der Waals surface area contributed by atoms with E-state index in [9.17, 15) is 5.11 Å². The predicted molar refractivity (Wildman–Crippen MR) is 76.6 cm³/mol. The molecule has 1 saturated heterocycles. The molecule has 0 aromatic rings. The Morgan fingerprint density at radius 3 is 2.11 bits per heavy atom. The van der Waals surface area contributed by atoms with E-state index in [0.717, 1.165) is 12.3 Å². The molecule has 2 aliphatic rings. The van der Waals surface area contributed by atoms with Gasteiger partial charge in [0.25, 0.3) is 0 Å². The van der Waals surface area contributed by atoms with Gasteiger partial charge >= 0.3 is 0 Å². The molecule has 0 aromatic carbocycles. The summed E-state index contributed by atoms with van der Waals surface area (Å²) in [5, 5.41) is 10.4. The molecule has 1 saturated carbocycles. The first-order chi connectivity index (χ1) is 8.48. The van der Waals surface area contributed by atoms with Crippen LogP contribution in [-0.2, 0) is 0 Å². The molecule has 0 amide bonds. The molecule has 3 atom stereocenters. The Balaban J connectivity index is 2.00. The minimum absolute atomic E-state index is 0.0818. The van der Waals surface area contributed by atoms with Crippen LogP contribution in [0.5, 0.6) is 0 Å². The van der Waals surface area contributed by atoms with Gasteiger partial charge in [0.1, 0.15) is 0 Å². The normalized spacial score (nSPS) is 36.3. The van der Waals surface area contributed by atoms with Crippen molar-refractivity contribution in [3.8, 4) is 0 Å². The average Bonchev–Trinajstić information content (AvgIpc) is 2.56. The topological polar surface area (TPSA) is 23.5 Å². The van der Waals surface area contributed by atoms with E-state index in [4.69, 9.17) is 0 Å². The highest BCUT2D eigenvalue weighted by molar-refractivity contribution is 4.91. The van der Waals surface area contributed by atoms with E-state index in [1.807, 2.05) is 0 Å². The first-order valence-electron chi connectivity index (χ1n) is 7.90. The Bertz CT molecular complexity index is 250. The second kappa shape index (κ2) is 5.92. The molecule has 2 fully saturated rings. The fourth-order valence-corrected chi connectivity index (χ4v) is 3.74. The Morgan fingerprint density at radius 2 is 1.56 bits per heavy atom. The van der Waals surface area contributed by atoms with Crippen LogP contribution in [0.2, 0.25) is 0 Å². The Kier molecular flexibility index (Phi) is 4.71. The van der Waals surface area contributed by atoms with E-state index in [1.165, 1.54) is 51.6 Å². The van der Waals surface area contributed by atoms with Crippen molar-refractivity contribution in [3.05, 3.63) is 0 Å². The zero-order chi connectivity index (χ0) is 13.2. The summed E-state index contributed by atoms with van der Waals surface area (Å²) in [6, 6.07) is 0.432. The van der Waals surface area contributed by atoms with Gasteiger partial charge in [0.15, 0.2) is 0 Å². The first-order valence-corrected chi connectivity index (χ1v) is 7.90. The molecule has 18 heavy (non-hydrogen) atoms. The van der Waals surface area contributed by atoms with E-state index in [2.05, 4.69) is 25.7 Å². The van der Waals surface area contributed by atoms with Gasteiger partial charge in [-0.3, -0.25) is 4.90 Å². The lowest BCUT2D eigenvalue weighted by Crippen LogP contribution is -2.49. The molecule has 106 valence electrons. The lowest BCUT2D eigenvalue weighted by atomic mass is 9.70. The molecular formula is C16H31NO. The fraction of sp³-hybridized carbons (Fsp3) is 1.00. The smallest absolute Gasteiger partial charge is 0.0695 e. The number of likely N-dealkylation sites (tertiary alicyclic amines) is 1. The third-order valence-electron chi connectivity index (χ3n) is 5.12. The van der Waals surface area contributed by atoms with Gasteiger partial charge in [-0.2, -0.15) is 0 Å². The lowest BCUT2D eigenvalue weighted by Gasteiger charge is -2.44. The maximum atomic E-state index is 10.4. The summed E-state index contributed by atoms with van der Waals surface area (Å²) in [4.78, 5) is 2.59. The summed E-state index contributed by atoms with van der Waals surface area (Å²) in [6.45, 7) is 9.48. The van der Waals surface area contributed by atoms with Crippen molar-refractivity contribution in [2.75, 3.05) is 13.1 Å². The molecule has 2 heteroatoms. The second-order valence-electron chi connectivity index (χ2n) is 7.46. The SMILES string of the molecule is CC(C)(C)C1CCC(O)C(N2CCCCCC2)C1. The number of hydrogen-bond donors (Lipinski definition) is 1. The maximum Gasteiger partial charge on any atom is 0.0695 e. The van der Waals surface area contributed by atoms with Crippen molar-refractivity contribution in [1.29, 1.82) is 0 Å². The Labute approximate surface area is 113 Å². The minimum Gasteiger partial charge on any atom is -0.391 e. The maximum absolute atomic E-state index is 10.4. The minimum atomic E-state index is -0.0818. The summed E-state index contributed by atoms with van der Waals surface area (Å²) < 4.78 is 0. The number of hydrogen-bond acceptors (Lipinski definition) is 2. The van der Waals surface area contributed by atoms with Gasteiger partial charge in [0.2, 0.25) is 0 Å². The van der Waals surface area contributed by atoms with Crippen LogP contribution in [0.1, 0.15) is 65.7 Å². The van der Waals surface area contributed by atoms with Crippen molar-refractivity contribution < 1.29 is 5.11 Å². The van der Waals surface area contributed by atoms with E-state index in [-0.39, 0.29) is 6.10 Å². The third kappa shape index (κ3) is 3.48. The van der Waals surface area contributed by atoms with Crippen LogP contribution in [0.25, 0.3) is 0 Å². The quantitative estimate of drug-likeness (QED) is 0.774. The van der Waals surface area contributed by atoms with Crippen LogP contribution in [0.3, 0.4) is 0 Å². The van der Waals surface area contributed by atoms with Crippen LogP contribution in [0.4, 0.5) is 0 Å². The number of nitrogens with zero attached hydrogens (tertiary/aromatic N) is 1. The van der Waals surface area contributed by atoms with Crippen LogP contribution in [0.15, 0.2) is 0 Å². The van der Waals surface area contributed by atoms with Crippen molar-refractivity contribution in [3.63, 3.8) is 0 Å². The van der Waals surface area contributed by atoms with Crippen LogP contribution in [-0.4, -0.2) is 35.2 Å². The fourth-order valence-electron chi connectivity index (χ4n) is 3.74. The van der Waals surface area contributed by atoms with Crippen molar-refractivity contribution >= 4 is 0 Å². The largest absolute Gasteiger partial charge is 0.391 e. The number of aliphatic hydroxyl groups is 1. The zero-order valence-electron chi connectivity index (χ0n) is 12.5. The third-order valence-corrected chi connectivity index (χ3v) is 5.12. The number of aliphatic hydroxyl groups excluding tert-OH is 1. The molecular weight excluding hydrogens is 222 g/mol. The first kappa shape index (κ1) is 14.3. The van der Waals surface area contributed by atoms with Crippen LogP contribution < -0.4 is 0 Å². The van der Waals surface area contributed by atoms with Gasteiger partial charge < -0.3 is 5.11 Å². The molecule has 2 nitrogen and oxygen atoms in total. The van der Waals surface area contributed by atoms with Gasteiger partial charge in [-0.25, -0.2) is 0 Å². The van der Waals surface area contributed by atoms with Gasteiger partial charge in [-0.1, -0.05) is 33.6 Å². The molecule has 2 rings (SSSR count). The molecule has 1 aliphatic heterocycles. The highest BCUT2D eigenvalue weighted by atomic mass is 16.3. The number of rotatable bonds is 1. The van der Waals surface area contributed by atoms with Crippen molar-refractivity contribution in [2.45, 2.75) is 77.9 Å². The van der Waals surface area contributed by atoms with Crippen molar-refractivity contribution in [1.82, 2.24) is 4.90 Å². The summed E-state index contributed by atoms with van der Waals surface area (Å²) in [5.41, 5.74) is 0.393. The van der Waals surface area contributed by atoms with Gasteiger partial charge in [0, 0.05) is 6.04 Å². The Morgan fingerprint density at radius 1 is 0.944 bits per heavy atom. The van der Waals surface area contributed by atoms with Gasteiger partial charge in [0.05, 0.1) is 6.10 Å². The van der Waals surface area contributed by atoms with Gasteiger partial charge in [-0.15, -0.1) is 0 Å². The molecule has 0 aromatic heterocycles. The molecule has 1 heterocycles. The molecule has 0 radical (unpaired) electrons. The second-order valence-corrected chi connectivity index (χ2v) is 7.46. The lowest BCUT2D eigenvalue weighted by molar-refractivity contribution is -0.0158. The van der Waals surface area contributed by atoms with Gasteiger partial charge in [-0.05, 0) is 56.5 Å². The predicted octanol–water partition coefficient (Wildman–Crippen LogP) is 3.44. The molecule has 1 aliphatic carbocycles. The van der Waals surface area contributed by atoms with E-state index in [1.54, 1.807) is 0 Å². The van der Waals surface area contributed by atoms with Crippen LogP contribution >= 0.6 is 0 Å². The summed E-state index contributed by atoms with van der Waals surface area (Å²) in [5.74, 6) is 0.772. The van der Waals surface area contributed by atoms with Crippen LogP contribution in [0, 0.1) is 11.3 Å². The molecule has 1 N–H and O–H groups in total. The highest BCUT2D eigenvalue weighted by Gasteiger charge is 2.37. The molecule has 0 spiro atoms. The van der Waals surface area contributed by atoms with E-state index >= 15 is 0 Å². The molecule has 0 bridgehead atoms.